The fraction of sp³-hybridized carbons (Fsp3) is 0.500. The molecule has 166 valence electrons. The van der Waals surface area contributed by atoms with Crippen LogP contribution >= 0.6 is 11.6 Å². The van der Waals surface area contributed by atoms with Crippen LogP contribution in [0.15, 0.2) is 30.3 Å². The molecule has 0 aliphatic heterocycles. The van der Waals surface area contributed by atoms with Gasteiger partial charge in [-0.05, 0) is 68.2 Å². The quantitative estimate of drug-likeness (QED) is 0.329. The molecule has 2 rings (SSSR count). The van der Waals surface area contributed by atoms with Crippen LogP contribution in [0, 0.1) is 0 Å². The Hall–Kier alpha value is -2.11. The summed E-state index contributed by atoms with van der Waals surface area (Å²) in [5, 5.41) is 0.573. The van der Waals surface area contributed by atoms with Gasteiger partial charge in [-0.15, -0.1) is 0 Å². The molecule has 0 fully saturated rings. The summed E-state index contributed by atoms with van der Waals surface area (Å²) in [6, 6.07) is 9.48. The zero-order chi connectivity index (χ0) is 21.9. The second-order valence-electron chi connectivity index (χ2n) is 7.33. The Morgan fingerprint density at radius 3 is 2.17 bits per heavy atom. The van der Waals surface area contributed by atoms with Gasteiger partial charge >= 0.3 is 0 Å². The van der Waals surface area contributed by atoms with Gasteiger partial charge in [-0.2, -0.15) is 0 Å². The number of unbranched alkanes of at least 4 members (excludes halogenated alkanes) is 2. The second-order valence-corrected chi connectivity index (χ2v) is 7.74. The van der Waals surface area contributed by atoms with E-state index in [0.717, 1.165) is 60.9 Å². The van der Waals surface area contributed by atoms with Crippen molar-refractivity contribution in [3.63, 3.8) is 0 Å². The van der Waals surface area contributed by atoms with Gasteiger partial charge in [0.05, 0.1) is 24.9 Å². The van der Waals surface area contributed by atoms with Crippen molar-refractivity contribution in [2.75, 3.05) is 39.6 Å². The highest BCUT2D eigenvalue weighted by atomic mass is 35.5. The zero-order valence-corrected chi connectivity index (χ0v) is 19.4. The number of nitrogens with zero attached hydrogens (tertiary/aromatic N) is 1. The number of anilines is 1. The Balaban J connectivity index is 2.01. The molecule has 0 bridgehead atoms. The van der Waals surface area contributed by atoms with Gasteiger partial charge in [-0.1, -0.05) is 31.9 Å². The summed E-state index contributed by atoms with van der Waals surface area (Å²) in [6.07, 6.45) is 4.37. The van der Waals surface area contributed by atoms with Crippen LogP contribution in [0.2, 0.25) is 5.02 Å². The number of hydrogen-bond donors (Lipinski definition) is 1. The fourth-order valence-electron chi connectivity index (χ4n) is 3.42. The van der Waals surface area contributed by atoms with Crippen molar-refractivity contribution in [3.8, 4) is 17.2 Å². The molecular weight excluding hydrogens is 400 g/mol. The fourth-order valence-corrected chi connectivity index (χ4v) is 3.60. The minimum atomic E-state index is 0.392. The normalized spacial score (nSPS) is 11.0. The molecule has 6 heteroatoms. The van der Waals surface area contributed by atoms with E-state index in [1.807, 2.05) is 30.3 Å². The lowest BCUT2D eigenvalue weighted by Crippen LogP contribution is -2.23. The number of benzene rings is 2. The Morgan fingerprint density at radius 2 is 1.57 bits per heavy atom. The molecule has 0 amide bonds. The predicted octanol–water partition coefficient (Wildman–Crippen LogP) is 5.57. The monoisotopic (exact) mass is 434 g/mol. The summed E-state index contributed by atoms with van der Waals surface area (Å²) < 4.78 is 16.8. The van der Waals surface area contributed by atoms with Crippen molar-refractivity contribution in [1.29, 1.82) is 0 Å². The highest BCUT2D eigenvalue weighted by Gasteiger charge is 2.10. The minimum Gasteiger partial charge on any atom is -0.497 e. The van der Waals surface area contributed by atoms with Crippen molar-refractivity contribution in [2.24, 2.45) is 0 Å². The van der Waals surface area contributed by atoms with Crippen LogP contribution in [0.25, 0.3) is 0 Å². The SMILES string of the molecule is CCN(CC)CCCCCc1cc(Cl)c(N)cc1OCc1cc(OC)cc(OC)c1. The van der Waals surface area contributed by atoms with Gasteiger partial charge in [0.15, 0.2) is 0 Å². The first-order valence-electron chi connectivity index (χ1n) is 10.7. The van der Waals surface area contributed by atoms with Crippen LogP contribution in [0.5, 0.6) is 17.2 Å². The Kier molecular flexibility index (Phi) is 10.1. The van der Waals surface area contributed by atoms with Crippen LogP contribution < -0.4 is 19.9 Å². The van der Waals surface area contributed by atoms with E-state index in [0.29, 0.717) is 17.3 Å². The van der Waals surface area contributed by atoms with E-state index < -0.39 is 0 Å². The molecule has 2 N–H and O–H groups in total. The van der Waals surface area contributed by atoms with Crippen molar-refractivity contribution >= 4 is 17.3 Å². The van der Waals surface area contributed by atoms with E-state index >= 15 is 0 Å². The number of aryl methyl sites for hydroxylation is 1. The topological polar surface area (TPSA) is 57.0 Å². The van der Waals surface area contributed by atoms with Gasteiger partial charge in [-0.25, -0.2) is 0 Å². The largest absolute Gasteiger partial charge is 0.497 e. The number of rotatable bonds is 13. The Bertz CT molecular complexity index is 772. The first kappa shape index (κ1) is 24.2. The predicted molar refractivity (Wildman–Crippen MR) is 125 cm³/mol. The number of hydrogen-bond acceptors (Lipinski definition) is 5. The van der Waals surface area contributed by atoms with Gasteiger partial charge in [-0.3, -0.25) is 0 Å². The van der Waals surface area contributed by atoms with E-state index in [-0.39, 0.29) is 0 Å². The molecule has 0 heterocycles. The number of halogens is 1. The van der Waals surface area contributed by atoms with Gasteiger partial charge in [0.25, 0.3) is 0 Å². The Morgan fingerprint density at radius 1 is 0.900 bits per heavy atom. The van der Waals surface area contributed by atoms with E-state index in [1.165, 1.54) is 12.8 Å². The summed E-state index contributed by atoms with van der Waals surface area (Å²) >= 11 is 6.28. The van der Waals surface area contributed by atoms with Crippen LogP contribution in [0.1, 0.15) is 44.2 Å². The molecule has 0 spiro atoms. The van der Waals surface area contributed by atoms with Gasteiger partial charge in [0.1, 0.15) is 23.9 Å². The zero-order valence-electron chi connectivity index (χ0n) is 18.7. The molecule has 0 aliphatic rings. The third-order valence-electron chi connectivity index (χ3n) is 5.30. The molecular formula is C24H35ClN2O3. The lowest BCUT2D eigenvalue weighted by molar-refractivity contribution is 0.294. The molecule has 2 aromatic rings. The third kappa shape index (κ3) is 7.29. The highest BCUT2D eigenvalue weighted by Crippen LogP contribution is 2.31. The molecule has 0 atom stereocenters. The van der Waals surface area contributed by atoms with Crippen LogP contribution in [-0.2, 0) is 13.0 Å². The van der Waals surface area contributed by atoms with Gasteiger partial charge in [0.2, 0.25) is 0 Å². The highest BCUT2D eigenvalue weighted by molar-refractivity contribution is 6.33. The van der Waals surface area contributed by atoms with E-state index in [2.05, 4.69) is 18.7 Å². The minimum absolute atomic E-state index is 0.392. The van der Waals surface area contributed by atoms with Crippen LogP contribution in [-0.4, -0.2) is 38.8 Å². The molecule has 2 aromatic carbocycles. The molecule has 0 radical (unpaired) electrons. The second kappa shape index (κ2) is 12.6. The van der Waals surface area contributed by atoms with E-state index in [9.17, 15) is 0 Å². The number of nitrogen functional groups attached to an aromatic ring is 1. The summed E-state index contributed by atoms with van der Waals surface area (Å²) in [5.41, 5.74) is 8.61. The summed E-state index contributed by atoms with van der Waals surface area (Å²) in [4.78, 5) is 2.46. The van der Waals surface area contributed by atoms with Gasteiger partial charge < -0.3 is 24.8 Å². The lowest BCUT2D eigenvalue weighted by Gasteiger charge is -2.18. The summed E-state index contributed by atoms with van der Waals surface area (Å²) in [6.45, 7) is 8.18. The van der Waals surface area contributed by atoms with Crippen LogP contribution in [0.4, 0.5) is 5.69 Å². The van der Waals surface area contributed by atoms with Crippen molar-refractivity contribution in [1.82, 2.24) is 4.90 Å². The Labute approximate surface area is 186 Å². The molecule has 0 saturated carbocycles. The smallest absolute Gasteiger partial charge is 0.125 e. The molecule has 0 saturated heterocycles. The molecule has 0 unspecified atom stereocenters. The van der Waals surface area contributed by atoms with Crippen molar-refractivity contribution in [2.45, 2.75) is 46.1 Å². The van der Waals surface area contributed by atoms with E-state index in [4.69, 9.17) is 31.5 Å². The third-order valence-corrected chi connectivity index (χ3v) is 5.63. The standard InChI is InChI=1S/C24H35ClN2O3/c1-5-27(6-2)11-9-7-8-10-19-14-22(25)23(26)16-24(19)30-17-18-12-20(28-3)15-21(13-18)29-4/h12-16H,5-11,17,26H2,1-4H3. The molecule has 30 heavy (non-hydrogen) atoms. The maximum Gasteiger partial charge on any atom is 0.125 e. The first-order valence-corrected chi connectivity index (χ1v) is 11.0. The summed E-state index contributed by atoms with van der Waals surface area (Å²) in [5.74, 6) is 2.25. The molecule has 5 nitrogen and oxygen atoms in total. The van der Waals surface area contributed by atoms with Crippen molar-refractivity contribution < 1.29 is 14.2 Å². The number of nitrogens with two attached hydrogens (primary N) is 1. The average molecular weight is 435 g/mol. The number of methoxy groups -OCH3 is 2. The van der Waals surface area contributed by atoms with Crippen molar-refractivity contribution in [3.05, 3.63) is 46.5 Å². The molecule has 0 aliphatic carbocycles. The maximum atomic E-state index is 6.28. The first-order chi connectivity index (χ1) is 14.5. The lowest BCUT2D eigenvalue weighted by atomic mass is 10.0. The maximum absolute atomic E-state index is 6.28. The molecule has 0 aromatic heterocycles. The van der Waals surface area contributed by atoms with Gasteiger partial charge in [0, 0.05) is 12.1 Å². The van der Waals surface area contributed by atoms with E-state index in [1.54, 1.807) is 14.2 Å². The average Bonchev–Trinajstić information content (AvgIpc) is 2.77. The van der Waals surface area contributed by atoms with Crippen LogP contribution in [0.3, 0.4) is 0 Å². The number of ether oxygens (including phenoxy) is 3. The summed E-state index contributed by atoms with van der Waals surface area (Å²) in [7, 11) is 3.27.